The molecule has 4 rings (SSSR count). The van der Waals surface area contributed by atoms with Crippen LogP contribution in [0.3, 0.4) is 0 Å². The third-order valence-corrected chi connectivity index (χ3v) is 4.75. The van der Waals surface area contributed by atoms with Gasteiger partial charge < -0.3 is 29.4 Å². The van der Waals surface area contributed by atoms with Gasteiger partial charge in [-0.05, 0) is 49.4 Å². The summed E-state index contributed by atoms with van der Waals surface area (Å²) in [4.78, 5) is 26.5. The van der Waals surface area contributed by atoms with Crippen molar-refractivity contribution in [1.29, 1.82) is 0 Å². The van der Waals surface area contributed by atoms with E-state index in [9.17, 15) is 9.59 Å². The van der Waals surface area contributed by atoms with E-state index in [1.165, 1.54) is 0 Å². The lowest BCUT2D eigenvalue weighted by Crippen LogP contribution is -2.36. The average molecular weight is 437 g/mol. The van der Waals surface area contributed by atoms with E-state index in [0.29, 0.717) is 30.2 Å². The first-order valence-corrected chi connectivity index (χ1v) is 10.2. The minimum absolute atomic E-state index is 0.0267. The minimum Gasteiger partial charge on any atom is -0.462 e. The number of anilines is 4. The molecule has 0 saturated carbocycles. The van der Waals surface area contributed by atoms with Crippen molar-refractivity contribution in [2.75, 3.05) is 48.4 Å². The van der Waals surface area contributed by atoms with E-state index in [-0.39, 0.29) is 18.5 Å². The number of morpholine rings is 1. The Bertz CT molecular complexity index is 1080. The summed E-state index contributed by atoms with van der Waals surface area (Å²) in [5.74, 6) is -1.14. The zero-order valence-corrected chi connectivity index (χ0v) is 17.5. The van der Waals surface area contributed by atoms with Crippen LogP contribution in [0.15, 0.2) is 52.9 Å². The van der Waals surface area contributed by atoms with Crippen molar-refractivity contribution in [3.63, 3.8) is 0 Å². The molecule has 166 valence electrons. The number of benzene rings is 2. The fourth-order valence-corrected chi connectivity index (χ4v) is 3.19. The molecule has 0 spiro atoms. The first kappa shape index (κ1) is 21.3. The van der Waals surface area contributed by atoms with Gasteiger partial charge in [0.15, 0.2) is 0 Å². The van der Waals surface area contributed by atoms with Crippen LogP contribution < -0.4 is 15.5 Å². The number of nitrogens with one attached hydrogen (secondary N) is 2. The number of rotatable bonds is 7. The molecule has 1 aliphatic rings. The molecule has 0 atom stereocenters. The number of carbonyl (C=O) groups excluding carboxylic acids is 2. The molecule has 0 radical (unpaired) electrons. The van der Waals surface area contributed by atoms with Gasteiger partial charge in [-0.2, -0.15) is 0 Å². The molecule has 0 bridgehead atoms. The summed E-state index contributed by atoms with van der Waals surface area (Å²) in [6.45, 7) is 5.12. The topological polar surface area (TPSA) is 119 Å². The number of hydrogen-bond donors (Lipinski definition) is 2. The van der Waals surface area contributed by atoms with Crippen LogP contribution in [0.1, 0.15) is 28.0 Å². The monoisotopic (exact) mass is 437 g/mol. The Labute approximate surface area is 184 Å². The van der Waals surface area contributed by atoms with E-state index in [4.69, 9.17) is 13.9 Å². The molecule has 2 aromatic carbocycles. The quantitative estimate of drug-likeness (QED) is 0.537. The van der Waals surface area contributed by atoms with E-state index in [1.807, 2.05) is 24.3 Å². The third-order valence-electron chi connectivity index (χ3n) is 4.75. The Balaban J connectivity index is 1.36. The number of amides is 1. The van der Waals surface area contributed by atoms with Gasteiger partial charge in [0, 0.05) is 30.2 Å². The summed E-state index contributed by atoms with van der Waals surface area (Å²) < 4.78 is 15.8. The van der Waals surface area contributed by atoms with Gasteiger partial charge in [0.2, 0.25) is 0 Å². The number of aromatic nitrogens is 2. The Kier molecular flexibility index (Phi) is 6.61. The number of carbonyl (C=O) groups is 2. The molecule has 1 aliphatic heterocycles. The molecule has 0 unspecified atom stereocenters. The van der Waals surface area contributed by atoms with Crippen LogP contribution >= 0.6 is 0 Å². The van der Waals surface area contributed by atoms with E-state index < -0.39 is 11.9 Å². The highest BCUT2D eigenvalue weighted by Gasteiger charge is 2.17. The minimum atomic E-state index is -0.523. The van der Waals surface area contributed by atoms with Crippen LogP contribution in [0.5, 0.6) is 0 Å². The maximum Gasteiger partial charge on any atom is 0.338 e. The van der Waals surface area contributed by atoms with E-state index in [2.05, 4.69) is 25.7 Å². The highest BCUT2D eigenvalue weighted by atomic mass is 16.5. The van der Waals surface area contributed by atoms with Crippen molar-refractivity contribution in [1.82, 2.24) is 10.2 Å². The lowest BCUT2D eigenvalue weighted by atomic mass is 10.2. The maximum absolute atomic E-state index is 12.5. The van der Waals surface area contributed by atoms with Crippen molar-refractivity contribution in [2.45, 2.75) is 6.92 Å². The van der Waals surface area contributed by atoms with Gasteiger partial charge in [-0.1, -0.05) is 11.2 Å². The summed E-state index contributed by atoms with van der Waals surface area (Å²) in [6, 6.07) is 14.2. The molecule has 10 nitrogen and oxygen atoms in total. The van der Waals surface area contributed by atoms with Crippen molar-refractivity contribution in [3.05, 3.63) is 60.0 Å². The average Bonchev–Trinajstić information content (AvgIpc) is 3.29. The van der Waals surface area contributed by atoms with Crippen molar-refractivity contribution in [2.24, 2.45) is 0 Å². The Morgan fingerprint density at radius 1 is 1.06 bits per heavy atom. The Morgan fingerprint density at radius 2 is 1.84 bits per heavy atom. The van der Waals surface area contributed by atoms with Crippen LogP contribution in [-0.2, 0) is 9.47 Å². The molecular formula is C22H23N5O5. The largest absolute Gasteiger partial charge is 0.462 e. The number of esters is 1. The zero-order valence-electron chi connectivity index (χ0n) is 17.5. The molecular weight excluding hydrogens is 414 g/mol. The van der Waals surface area contributed by atoms with Gasteiger partial charge in [0.05, 0.1) is 25.4 Å². The van der Waals surface area contributed by atoms with E-state index >= 15 is 0 Å². The van der Waals surface area contributed by atoms with Gasteiger partial charge in [-0.25, -0.2) is 4.79 Å². The molecule has 2 heterocycles. The Morgan fingerprint density at radius 3 is 2.59 bits per heavy atom. The highest BCUT2D eigenvalue weighted by Crippen LogP contribution is 2.21. The fourth-order valence-electron chi connectivity index (χ4n) is 3.19. The smallest absolute Gasteiger partial charge is 0.338 e. The van der Waals surface area contributed by atoms with Gasteiger partial charge >= 0.3 is 23.8 Å². The second-order valence-electron chi connectivity index (χ2n) is 6.94. The molecule has 0 aliphatic carbocycles. The lowest BCUT2D eigenvalue weighted by molar-refractivity contribution is 0.0526. The van der Waals surface area contributed by atoms with Crippen LogP contribution in [0.4, 0.5) is 23.1 Å². The predicted molar refractivity (Wildman–Crippen MR) is 117 cm³/mol. The van der Waals surface area contributed by atoms with E-state index in [1.54, 1.807) is 31.2 Å². The van der Waals surface area contributed by atoms with Crippen molar-refractivity contribution >= 4 is 35.0 Å². The zero-order chi connectivity index (χ0) is 22.3. The number of hydrogen-bond acceptors (Lipinski definition) is 9. The normalized spacial score (nSPS) is 13.5. The molecule has 32 heavy (non-hydrogen) atoms. The molecule has 3 aromatic rings. The SMILES string of the molecule is CCOC(=O)c1cccc(Nc2nnc(C(=O)Nc3ccc(N4CCOCC4)cc3)o2)c1. The van der Waals surface area contributed by atoms with Gasteiger partial charge in [0.1, 0.15) is 0 Å². The van der Waals surface area contributed by atoms with Crippen molar-refractivity contribution in [3.8, 4) is 0 Å². The summed E-state index contributed by atoms with van der Waals surface area (Å²) in [5, 5.41) is 13.2. The molecule has 10 heteroatoms. The lowest BCUT2D eigenvalue weighted by Gasteiger charge is -2.28. The summed E-state index contributed by atoms with van der Waals surface area (Å²) in [5.41, 5.74) is 2.61. The van der Waals surface area contributed by atoms with Crippen LogP contribution in [0.2, 0.25) is 0 Å². The van der Waals surface area contributed by atoms with Crippen LogP contribution in [0.25, 0.3) is 0 Å². The molecule has 2 N–H and O–H groups in total. The molecule has 1 fully saturated rings. The second-order valence-corrected chi connectivity index (χ2v) is 6.94. The fraction of sp³-hybridized carbons (Fsp3) is 0.273. The number of ether oxygens (including phenoxy) is 2. The first-order valence-electron chi connectivity index (χ1n) is 10.2. The van der Waals surface area contributed by atoms with Crippen LogP contribution in [-0.4, -0.2) is 55.0 Å². The Hall–Kier alpha value is -3.92. The predicted octanol–water partition coefficient (Wildman–Crippen LogP) is 3.08. The summed E-state index contributed by atoms with van der Waals surface area (Å²) in [7, 11) is 0. The first-order chi connectivity index (χ1) is 15.6. The van der Waals surface area contributed by atoms with Crippen molar-refractivity contribution < 1.29 is 23.5 Å². The molecule has 1 amide bonds. The van der Waals surface area contributed by atoms with Gasteiger partial charge in [-0.15, -0.1) is 5.10 Å². The summed E-state index contributed by atoms with van der Waals surface area (Å²) >= 11 is 0. The highest BCUT2D eigenvalue weighted by molar-refractivity contribution is 6.01. The summed E-state index contributed by atoms with van der Waals surface area (Å²) in [6.07, 6.45) is 0. The molecule has 1 aromatic heterocycles. The maximum atomic E-state index is 12.5. The standard InChI is InChI=1S/C22H23N5O5/c1-2-31-21(29)15-4-3-5-17(14-15)24-22-26-25-20(32-22)19(28)23-16-6-8-18(9-7-16)27-10-12-30-13-11-27/h3-9,14H,2,10-13H2,1H3,(H,23,28)(H,24,26). The van der Waals surface area contributed by atoms with Gasteiger partial charge in [-0.3, -0.25) is 4.79 Å². The molecule has 1 saturated heterocycles. The van der Waals surface area contributed by atoms with E-state index in [0.717, 1.165) is 18.8 Å². The second kappa shape index (κ2) is 9.92. The third kappa shape index (κ3) is 5.22. The number of nitrogens with zero attached hydrogens (tertiary/aromatic N) is 3. The van der Waals surface area contributed by atoms with Gasteiger partial charge in [0.25, 0.3) is 0 Å². The van der Waals surface area contributed by atoms with Crippen LogP contribution in [0, 0.1) is 0 Å².